The Kier molecular flexibility index (Phi) is 34.1. The second kappa shape index (κ2) is 36.5. The van der Waals surface area contributed by atoms with Gasteiger partial charge in [0.2, 0.25) is 0 Å². The number of quaternary nitrogens is 1. The van der Waals surface area contributed by atoms with Crippen LogP contribution in [0.2, 0.25) is 0 Å². The minimum atomic E-state index is -0.889. The molecule has 0 aliphatic rings. The average Bonchev–Trinajstić information content (AvgIpc) is 3.12. The maximum absolute atomic E-state index is 12.7. The monoisotopic (exact) mass is 755 g/mol. The summed E-state index contributed by atoms with van der Waals surface area (Å²) < 4.78 is 17.1. The summed E-state index contributed by atoms with van der Waals surface area (Å²) in [4.78, 5) is 36.7. The highest BCUT2D eigenvalue weighted by molar-refractivity contribution is 5.72. The molecule has 0 aliphatic carbocycles. The van der Waals surface area contributed by atoms with Gasteiger partial charge in [0.05, 0.1) is 34.4 Å². The molecule has 0 rings (SSSR count). The highest BCUT2D eigenvalue weighted by Crippen LogP contribution is 2.13. The molecule has 2 atom stereocenters. The van der Waals surface area contributed by atoms with E-state index in [1.54, 1.807) is 0 Å². The SMILES string of the molecule is CC/C=C/C/C=C/C/C=C/C/C=C/C/C=C/CCCCCCCCCC(=O)OC(COCCC(C(=O)O)[N+](C)(C)C)COC(=O)CC/C=C/C/C=C/CC. The number of rotatable bonds is 35. The fourth-order valence-electron chi connectivity index (χ4n) is 5.41. The molecule has 2 unspecified atom stereocenters. The predicted octanol–water partition coefficient (Wildman–Crippen LogP) is 11.0. The summed E-state index contributed by atoms with van der Waals surface area (Å²) in [6, 6.07) is -0.627. The zero-order chi connectivity index (χ0) is 40.0. The van der Waals surface area contributed by atoms with Gasteiger partial charge in [0, 0.05) is 19.3 Å². The van der Waals surface area contributed by atoms with E-state index in [2.05, 4.69) is 86.8 Å². The van der Waals surface area contributed by atoms with Crippen molar-refractivity contribution in [2.45, 2.75) is 148 Å². The number of carboxylic acids is 1. The third kappa shape index (κ3) is 34.3. The molecule has 0 bridgehead atoms. The van der Waals surface area contributed by atoms with Crippen LogP contribution in [0.3, 0.4) is 0 Å². The average molecular weight is 755 g/mol. The van der Waals surface area contributed by atoms with E-state index >= 15 is 0 Å². The van der Waals surface area contributed by atoms with E-state index in [1.807, 2.05) is 33.3 Å². The molecule has 306 valence electrons. The Bertz CT molecular complexity index is 1160. The van der Waals surface area contributed by atoms with Crippen LogP contribution in [-0.2, 0) is 28.6 Å². The van der Waals surface area contributed by atoms with Crippen LogP contribution in [0.15, 0.2) is 85.1 Å². The molecule has 0 radical (unpaired) electrons. The maximum Gasteiger partial charge on any atom is 0.362 e. The van der Waals surface area contributed by atoms with Gasteiger partial charge in [-0.3, -0.25) is 9.59 Å². The Hall–Kier alpha value is -3.49. The molecule has 0 aromatic carbocycles. The Balaban J connectivity index is 4.29. The van der Waals surface area contributed by atoms with Gasteiger partial charge in [0.15, 0.2) is 12.1 Å². The lowest BCUT2D eigenvalue weighted by Gasteiger charge is -2.31. The molecule has 0 saturated heterocycles. The Labute approximate surface area is 329 Å². The van der Waals surface area contributed by atoms with Crippen LogP contribution < -0.4 is 0 Å². The number of carbonyl (C=O) groups excluding carboxylic acids is 2. The molecule has 1 N–H and O–H groups in total. The van der Waals surface area contributed by atoms with Crippen LogP contribution in [0.4, 0.5) is 0 Å². The van der Waals surface area contributed by atoms with Gasteiger partial charge in [-0.05, 0) is 70.6 Å². The molecule has 0 aromatic heterocycles. The summed E-state index contributed by atoms with van der Waals surface area (Å²) >= 11 is 0. The summed E-state index contributed by atoms with van der Waals surface area (Å²) in [5.41, 5.74) is 0. The minimum absolute atomic E-state index is 0.0335. The lowest BCUT2D eigenvalue weighted by molar-refractivity contribution is -0.887. The zero-order valence-corrected chi connectivity index (χ0v) is 34.6. The Morgan fingerprint density at radius 1 is 0.556 bits per heavy atom. The third-order valence-corrected chi connectivity index (χ3v) is 8.55. The molecule has 0 saturated carbocycles. The van der Waals surface area contributed by atoms with Gasteiger partial charge in [-0.1, -0.05) is 131 Å². The van der Waals surface area contributed by atoms with Crippen LogP contribution in [0.5, 0.6) is 0 Å². The van der Waals surface area contributed by atoms with Gasteiger partial charge in [0.1, 0.15) is 6.61 Å². The summed E-state index contributed by atoms with van der Waals surface area (Å²) in [6.07, 6.45) is 46.7. The molecular weight excluding hydrogens is 679 g/mol. The van der Waals surface area contributed by atoms with Crippen molar-refractivity contribution in [1.82, 2.24) is 0 Å². The van der Waals surface area contributed by atoms with E-state index in [1.165, 1.54) is 19.3 Å². The van der Waals surface area contributed by atoms with Crippen molar-refractivity contribution < 1.29 is 38.2 Å². The van der Waals surface area contributed by atoms with Crippen LogP contribution in [0, 0.1) is 0 Å². The maximum atomic E-state index is 12.7. The molecule has 0 aromatic rings. The number of carbonyl (C=O) groups is 3. The number of esters is 2. The molecule has 8 nitrogen and oxygen atoms in total. The van der Waals surface area contributed by atoms with Gasteiger partial charge >= 0.3 is 17.9 Å². The van der Waals surface area contributed by atoms with E-state index in [0.717, 1.165) is 77.0 Å². The van der Waals surface area contributed by atoms with E-state index in [-0.39, 0.29) is 42.7 Å². The number of ether oxygens (including phenoxy) is 3. The van der Waals surface area contributed by atoms with Crippen molar-refractivity contribution >= 4 is 17.9 Å². The topological polar surface area (TPSA) is 99.1 Å². The molecular formula is C46H76NO7+. The first kappa shape index (κ1) is 50.5. The number of hydrogen-bond donors (Lipinski definition) is 1. The lowest BCUT2D eigenvalue weighted by atomic mass is 10.1. The quantitative estimate of drug-likeness (QED) is 0.0298. The normalized spacial score (nSPS) is 13.9. The van der Waals surface area contributed by atoms with Crippen molar-refractivity contribution in [3.63, 3.8) is 0 Å². The largest absolute Gasteiger partial charge is 0.477 e. The van der Waals surface area contributed by atoms with E-state index in [9.17, 15) is 19.5 Å². The number of hydrogen-bond acceptors (Lipinski definition) is 6. The number of nitrogens with zero attached hydrogens (tertiary/aromatic N) is 1. The van der Waals surface area contributed by atoms with Crippen molar-refractivity contribution in [3.05, 3.63) is 85.1 Å². The highest BCUT2D eigenvalue weighted by atomic mass is 16.6. The fourth-order valence-corrected chi connectivity index (χ4v) is 5.41. The second-order valence-electron chi connectivity index (χ2n) is 14.5. The highest BCUT2D eigenvalue weighted by Gasteiger charge is 2.31. The zero-order valence-electron chi connectivity index (χ0n) is 34.6. The van der Waals surface area contributed by atoms with E-state index in [0.29, 0.717) is 19.3 Å². The van der Waals surface area contributed by atoms with Crippen molar-refractivity contribution in [1.29, 1.82) is 0 Å². The summed E-state index contributed by atoms with van der Waals surface area (Å²) in [6.45, 7) is 4.37. The van der Waals surface area contributed by atoms with Gasteiger partial charge in [-0.15, -0.1) is 0 Å². The van der Waals surface area contributed by atoms with Gasteiger partial charge in [-0.2, -0.15) is 0 Å². The standard InChI is InChI=1S/C46H75NO7/c1-6-8-10-12-14-15-16-17-18-19-20-21-22-23-24-25-26-27-28-29-31-33-35-37-45(49)54-42(40-52-39-38-43(46(50)51)47(3,4)5)41-53-44(48)36-34-32-30-13-11-9-7-2/h8-11,14-15,17-18,20-21,23-24,30,32,42-43H,6-7,12-13,16,19,22,25-29,31,33-41H2,1-5H3/p+1/b10-8+,11-9+,15-14+,18-17+,21-20+,24-23+,32-30+. The Morgan fingerprint density at radius 3 is 1.52 bits per heavy atom. The molecule has 0 aliphatic heterocycles. The van der Waals surface area contributed by atoms with Gasteiger partial charge in [-0.25, -0.2) is 4.79 Å². The van der Waals surface area contributed by atoms with Crippen LogP contribution in [-0.4, -0.2) is 80.6 Å². The Morgan fingerprint density at radius 2 is 1.02 bits per heavy atom. The number of aliphatic carboxylic acids is 1. The van der Waals surface area contributed by atoms with Crippen molar-refractivity contribution in [2.75, 3.05) is 41.0 Å². The number of allylic oxidation sites excluding steroid dienone is 14. The molecule has 0 fully saturated rings. The first-order chi connectivity index (χ1) is 26.1. The van der Waals surface area contributed by atoms with Crippen LogP contribution in [0.25, 0.3) is 0 Å². The van der Waals surface area contributed by atoms with Gasteiger partial charge in [0.25, 0.3) is 0 Å². The molecule has 0 amide bonds. The van der Waals surface area contributed by atoms with E-state index in [4.69, 9.17) is 14.2 Å². The molecule has 54 heavy (non-hydrogen) atoms. The van der Waals surface area contributed by atoms with Crippen molar-refractivity contribution in [3.8, 4) is 0 Å². The smallest absolute Gasteiger partial charge is 0.362 e. The fraction of sp³-hybridized carbons (Fsp3) is 0.630. The second-order valence-corrected chi connectivity index (χ2v) is 14.5. The molecule has 8 heteroatoms. The van der Waals surface area contributed by atoms with Crippen molar-refractivity contribution in [2.24, 2.45) is 0 Å². The molecule has 0 heterocycles. The third-order valence-electron chi connectivity index (χ3n) is 8.55. The van der Waals surface area contributed by atoms with E-state index < -0.39 is 18.1 Å². The molecule has 0 spiro atoms. The predicted molar refractivity (Wildman–Crippen MR) is 224 cm³/mol. The summed E-state index contributed by atoms with van der Waals surface area (Å²) in [5, 5.41) is 9.58. The summed E-state index contributed by atoms with van der Waals surface area (Å²) in [7, 11) is 5.48. The van der Waals surface area contributed by atoms with Crippen LogP contribution in [0.1, 0.15) is 136 Å². The van der Waals surface area contributed by atoms with Gasteiger partial charge < -0.3 is 23.8 Å². The first-order valence-corrected chi connectivity index (χ1v) is 20.6. The number of unbranched alkanes of at least 4 members (excludes halogenated alkanes) is 7. The summed E-state index contributed by atoms with van der Waals surface area (Å²) in [5.74, 6) is -1.59. The lowest BCUT2D eigenvalue weighted by Crippen LogP contribution is -2.50. The minimum Gasteiger partial charge on any atom is -0.477 e. The number of carboxylic acid groups (broad SMARTS) is 1. The first-order valence-electron chi connectivity index (χ1n) is 20.6. The van der Waals surface area contributed by atoms with Crippen LogP contribution >= 0.6 is 0 Å². The number of likely N-dealkylation sites (N-methyl/N-ethyl adjacent to an activating group) is 1.